The molecule has 41 heavy (non-hydrogen) atoms. The summed E-state index contributed by atoms with van der Waals surface area (Å²) in [5, 5.41) is 9.48. The molecule has 0 radical (unpaired) electrons. The van der Waals surface area contributed by atoms with Crippen LogP contribution in [0.3, 0.4) is 0 Å². The Morgan fingerprint density at radius 3 is 2.59 bits per heavy atom. The van der Waals surface area contributed by atoms with Crippen LogP contribution in [0.2, 0.25) is 5.02 Å². The van der Waals surface area contributed by atoms with Gasteiger partial charge < -0.3 is 28.8 Å². The number of rotatable bonds is 15. The number of carboxylic acids is 1. The highest BCUT2D eigenvalue weighted by molar-refractivity contribution is 6.30. The number of aliphatic carboxylic acids is 1. The molecular formula is C32H43ClO8. The molecule has 1 N–H and O–H groups in total. The maximum Gasteiger partial charge on any atom is 0.303 e. The quantitative estimate of drug-likeness (QED) is 0.182. The summed E-state index contributed by atoms with van der Waals surface area (Å²) in [6.07, 6.45) is 14.9. The first-order valence-electron chi connectivity index (χ1n) is 15.0. The normalized spacial score (nSPS) is 27.9. The van der Waals surface area contributed by atoms with Gasteiger partial charge in [0.05, 0.1) is 6.10 Å². The van der Waals surface area contributed by atoms with E-state index >= 15 is 0 Å². The van der Waals surface area contributed by atoms with Crippen molar-refractivity contribution in [1.29, 1.82) is 0 Å². The maximum atomic E-state index is 13.3. The summed E-state index contributed by atoms with van der Waals surface area (Å²) in [4.78, 5) is 24.1. The van der Waals surface area contributed by atoms with Crippen molar-refractivity contribution in [3.8, 4) is 5.75 Å². The Bertz CT molecular complexity index is 1010. The number of Topliss-reactive ketones (excluding diaryl/α,β-unsaturated/α-hetero) is 1. The van der Waals surface area contributed by atoms with Crippen LogP contribution < -0.4 is 4.74 Å². The zero-order valence-electron chi connectivity index (χ0n) is 23.7. The molecule has 8 nitrogen and oxygen atoms in total. The van der Waals surface area contributed by atoms with Crippen molar-refractivity contribution < 1.29 is 38.4 Å². The molecule has 1 aromatic rings. The lowest BCUT2D eigenvalue weighted by Gasteiger charge is -2.29. The zero-order chi connectivity index (χ0) is 28.9. The van der Waals surface area contributed by atoms with E-state index < -0.39 is 12.1 Å². The smallest absolute Gasteiger partial charge is 0.303 e. The van der Waals surface area contributed by atoms with Crippen molar-refractivity contribution in [3.05, 3.63) is 53.6 Å². The second-order valence-electron chi connectivity index (χ2n) is 10.9. The lowest BCUT2D eigenvalue weighted by molar-refractivity contribution is -0.195. The highest BCUT2D eigenvalue weighted by atomic mass is 35.5. The van der Waals surface area contributed by atoms with E-state index in [1.54, 1.807) is 12.1 Å². The van der Waals surface area contributed by atoms with Gasteiger partial charge in [0.15, 0.2) is 12.6 Å². The van der Waals surface area contributed by atoms with Crippen LogP contribution in [-0.4, -0.2) is 61.5 Å². The molecule has 1 aromatic carbocycles. The SMILES string of the molecule is O=C(O)CCC/C=C\C[C@H]1[C@@H](OC2CCCCO2)CC(=O)[C@@H]1/C=C/[C@H](COc1cccc(Cl)c1)OC1CCCCO1. The predicted molar refractivity (Wildman–Crippen MR) is 155 cm³/mol. The molecule has 2 aliphatic heterocycles. The van der Waals surface area contributed by atoms with Gasteiger partial charge in [-0.05, 0) is 76.0 Å². The number of unbranched alkanes of at least 4 members (excludes halogenated alkanes) is 1. The number of carbonyl (C=O) groups excluding carboxylic acids is 1. The minimum Gasteiger partial charge on any atom is -0.490 e. The van der Waals surface area contributed by atoms with Crippen molar-refractivity contribution in [3.63, 3.8) is 0 Å². The summed E-state index contributed by atoms with van der Waals surface area (Å²) in [7, 11) is 0. The van der Waals surface area contributed by atoms with Crippen molar-refractivity contribution in [2.45, 2.75) is 95.4 Å². The van der Waals surface area contributed by atoms with Gasteiger partial charge in [-0.1, -0.05) is 42.0 Å². The van der Waals surface area contributed by atoms with Crippen LogP contribution in [0.4, 0.5) is 0 Å². The molecule has 0 amide bonds. The third kappa shape index (κ3) is 10.8. The van der Waals surface area contributed by atoms with Crippen molar-refractivity contribution >= 4 is 23.4 Å². The summed E-state index contributed by atoms with van der Waals surface area (Å²) in [6.45, 7) is 1.60. The van der Waals surface area contributed by atoms with Gasteiger partial charge in [0.2, 0.25) is 0 Å². The van der Waals surface area contributed by atoms with E-state index in [0.717, 1.165) is 38.5 Å². The molecule has 4 rings (SSSR count). The average Bonchev–Trinajstić information content (AvgIpc) is 3.26. The first kappa shape index (κ1) is 31.7. The van der Waals surface area contributed by atoms with Crippen LogP contribution in [0.25, 0.3) is 0 Å². The third-order valence-corrected chi connectivity index (χ3v) is 7.96. The number of halogens is 1. The summed E-state index contributed by atoms with van der Waals surface area (Å²) in [5.74, 6) is -0.402. The molecule has 2 heterocycles. The Labute approximate surface area is 248 Å². The van der Waals surface area contributed by atoms with Crippen LogP contribution in [0.15, 0.2) is 48.6 Å². The fourth-order valence-electron chi connectivity index (χ4n) is 5.54. The summed E-state index contributed by atoms with van der Waals surface area (Å²) in [6, 6.07) is 7.23. The Balaban J connectivity index is 1.44. The topological polar surface area (TPSA) is 101 Å². The van der Waals surface area contributed by atoms with E-state index in [9.17, 15) is 9.59 Å². The average molecular weight is 591 g/mol. The highest BCUT2D eigenvalue weighted by Gasteiger charge is 2.42. The van der Waals surface area contributed by atoms with Gasteiger partial charge in [0.1, 0.15) is 24.2 Å². The van der Waals surface area contributed by atoms with E-state index in [2.05, 4.69) is 6.08 Å². The molecule has 9 heteroatoms. The van der Waals surface area contributed by atoms with Crippen LogP contribution in [0, 0.1) is 11.8 Å². The minimum atomic E-state index is -0.791. The second-order valence-corrected chi connectivity index (χ2v) is 11.4. The predicted octanol–water partition coefficient (Wildman–Crippen LogP) is 6.51. The molecule has 6 atom stereocenters. The van der Waals surface area contributed by atoms with Crippen LogP contribution in [0.5, 0.6) is 5.75 Å². The van der Waals surface area contributed by atoms with Gasteiger partial charge in [-0.25, -0.2) is 0 Å². The van der Waals surface area contributed by atoms with Gasteiger partial charge in [0.25, 0.3) is 0 Å². The lowest BCUT2D eigenvalue weighted by Crippen LogP contribution is -2.31. The van der Waals surface area contributed by atoms with Crippen LogP contribution >= 0.6 is 11.6 Å². The molecule has 1 saturated carbocycles. The highest BCUT2D eigenvalue weighted by Crippen LogP contribution is 2.37. The second kappa shape index (κ2) is 17.0. The lowest BCUT2D eigenvalue weighted by atomic mass is 9.90. The van der Waals surface area contributed by atoms with Gasteiger partial charge in [-0.15, -0.1) is 0 Å². The largest absolute Gasteiger partial charge is 0.490 e. The molecule has 0 bridgehead atoms. The van der Waals surface area contributed by atoms with Gasteiger partial charge >= 0.3 is 5.97 Å². The van der Waals surface area contributed by atoms with Gasteiger partial charge in [-0.2, -0.15) is 0 Å². The van der Waals surface area contributed by atoms with E-state index in [0.29, 0.717) is 49.7 Å². The van der Waals surface area contributed by atoms with Crippen molar-refractivity contribution in [1.82, 2.24) is 0 Å². The van der Waals surface area contributed by atoms with E-state index in [4.69, 9.17) is 40.4 Å². The number of allylic oxidation sites excluding steroid dienone is 3. The fourth-order valence-corrected chi connectivity index (χ4v) is 5.72. The Morgan fingerprint density at radius 1 is 1.10 bits per heavy atom. The first-order valence-corrected chi connectivity index (χ1v) is 15.4. The summed E-state index contributed by atoms with van der Waals surface area (Å²) in [5.41, 5.74) is 0. The molecule has 1 aliphatic carbocycles. The molecule has 3 fully saturated rings. The number of ketones is 1. The standard InChI is InChI=1S/C32H43ClO8/c33-23-10-9-11-24(20-23)39-22-25(40-31-14-5-7-18-37-31)16-17-26-27(12-3-1-2-4-13-30(35)36)29(21-28(26)34)41-32-15-6-8-19-38-32/h1,3,9-11,16-17,20,25-27,29,31-32H,2,4-8,12-15,18-19,21-22H2,(H,35,36)/b3-1-,17-16+/t25-,26-,27-,29+,31?,32?/m1/s1. The summed E-state index contributed by atoms with van der Waals surface area (Å²) >= 11 is 6.13. The molecule has 226 valence electrons. The Hall–Kier alpha value is -2.23. The Morgan fingerprint density at radius 2 is 1.88 bits per heavy atom. The first-order chi connectivity index (χ1) is 20.0. The van der Waals surface area contributed by atoms with Crippen molar-refractivity contribution in [2.75, 3.05) is 19.8 Å². The van der Waals surface area contributed by atoms with E-state index in [1.165, 1.54) is 0 Å². The number of benzene rings is 1. The molecule has 0 spiro atoms. The van der Waals surface area contributed by atoms with Gasteiger partial charge in [-0.3, -0.25) is 9.59 Å². The molecule has 0 aromatic heterocycles. The summed E-state index contributed by atoms with van der Waals surface area (Å²) < 4.78 is 30.3. The molecular weight excluding hydrogens is 548 g/mol. The van der Waals surface area contributed by atoms with Crippen LogP contribution in [-0.2, 0) is 28.5 Å². The van der Waals surface area contributed by atoms with Crippen LogP contribution in [0.1, 0.15) is 70.6 Å². The van der Waals surface area contributed by atoms with Gasteiger partial charge in [0, 0.05) is 42.9 Å². The molecule has 2 saturated heterocycles. The molecule has 3 aliphatic rings. The van der Waals surface area contributed by atoms with E-state index in [-0.39, 0.29) is 49.3 Å². The number of ether oxygens (including phenoxy) is 5. The minimum absolute atomic E-state index is 0.0552. The number of hydrogen-bond acceptors (Lipinski definition) is 7. The fraction of sp³-hybridized carbons (Fsp3) is 0.625. The number of carbonyl (C=O) groups is 2. The maximum absolute atomic E-state index is 13.3. The monoisotopic (exact) mass is 590 g/mol. The number of carboxylic acid groups (broad SMARTS) is 1. The number of hydrogen-bond donors (Lipinski definition) is 1. The Kier molecular flexibility index (Phi) is 13.2. The van der Waals surface area contributed by atoms with E-state index in [1.807, 2.05) is 30.4 Å². The molecule has 2 unspecified atom stereocenters. The zero-order valence-corrected chi connectivity index (χ0v) is 24.4. The van der Waals surface area contributed by atoms with Crippen molar-refractivity contribution in [2.24, 2.45) is 11.8 Å². The third-order valence-electron chi connectivity index (χ3n) is 7.72.